The third-order valence-electron chi connectivity index (χ3n) is 2.69. The first-order valence-electron chi connectivity index (χ1n) is 5.87. The fourth-order valence-electron chi connectivity index (χ4n) is 1.60. The van der Waals surface area contributed by atoms with E-state index < -0.39 is 36.3 Å². The summed E-state index contributed by atoms with van der Waals surface area (Å²) in [7, 11) is -4.40. The van der Waals surface area contributed by atoms with Crippen molar-refractivity contribution in [1.82, 2.24) is 0 Å². The average Bonchev–Trinajstić information content (AvgIpc) is 2.47. The highest BCUT2D eigenvalue weighted by Gasteiger charge is 2.23. The predicted molar refractivity (Wildman–Crippen MR) is 75.7 cm³/mol. The van der Waals surface area contributed by atoms with Crippen molar-refractivity contribution in [3.05, 3.63) is 62.7 Å². The summed E-state index contributed by atoms with van der Waals surface area (Å²) in [5.41, 5.74) is -1.05. The van der Waals surface area contributed by atoms with Gasteiger partial charge in [0, 0.05) is 18.2 Å². The number of nitro benzene ring substituents is 2. The smallest absolute Gasteiger partial charge is 0.339 e. The molecule has 0 bridgehead atoms. The highest BCUT2D eigenvalue weighted by atomic mass is 32.2. The largest absolute Gasteiger partial charge is 0.502 e. The number of nitrogens with zero attached hydrogens (tertiary/aromatic N) is 2. The van der Waals surface area contributed by atoms with Gasteiger partial charge in [0.15, 0.2) is 5.75 Å². The number of aromatic hydroxyl groups is 1. The zero-order valence-electron chi connectivity index (χ0n) is 11.1. The second kappa shape index (κ2) is 5.88. The molecule has 2 aromatic carbocycles. The molecule has 0 saturated heterocycles. The van der Waals surface area contributed by atoms with Gasteiger partial charge in [0.25, 0.3) is 5.69 Å². The van der Waals surface area contributed by atoms with E-state index in [1.54, 1.807) is 0 Å². The van der Waals surface area contributed by atoms with Crippen molar-refractivity contribution in [2.24, 2.45) is 0 Å². The summed E-state index contributed by atoms with van der Waals surface area (Å²) in [5.74, 6) is -0.893. The summed E-state index contributed by atoms with van der Waals surface area (Å²) in [4.78, 5) is 19.1. The maximum atomic E-state index is 12.0. The van der Waals surface area contributed by atoms with Crippen molar-refractivity contribution in [3.63, 3.8) is 0 Å². The Labute approximate surface area is 129 Å². The minimum atomic E-state index is -4.40. The van der Waals surface area contributed by atoms with E-state index in [0.717, 1.165) is 36.4 Å². The van der Waals surface area contributed by atoms with Crippen LogP contribution in [0.3, 0.4) is 0 Å². The van der Waals surface area contributed by atoms with E-state index in [2.05, 4.69) is 0 Å². The lowest BCUT2D eigenvalue weighted by atomic mass is 10.3. The first-order chi connectivity index (χ1) is 10.7. The van der Waals surface area contributed by atoms with E-state index in [1.807, 2.05) is 0 Å². The number of nitro groups is 2. The van der Waals surface area contributed by atoms with Crippen LogP contribution < -0.4 is 4.18 Å². The van der Waals surface area contributed by atoms with Gasteiger partial charge in [-0.1, -0.05) is 0 Å². The molecule has 0 aliphatic rings. The molecule has 0 fully saturated rings. The average molecular weight is 340 g/mol. The first kappa shape index (κ1) is 16.2. The van der Waals surface area contributed by atoms with E-state index in [0.29, 0.717) is 6.07 Å². The number of hydrogen-bond donors (Lipinski definition) is 1. The quantitative estimate of drug-likeness (QED) is 0.493. The molecular formula is C12H8N2O8S. The maximum Gasteiger partial charge on any atom is 0.339 e. The van der Waals surface area contributed by atoms with Crippen molar-refractivity contribution in [2.45, 2.75) is 4.90 Å². The zero-order chi connectivity index (χ0) is 17.2. The normalized spacial score (nSPS) is 11.0. The molecule has 2 rings (SSSR count). The summed E-state index contributed by atoms with van der Waals surface area (Å²) in [5, 5.41) is 30.5. The number of benzene rings is 2. The molecule has 0 aliphatic heterocycles. The van der Waals surface area contributed by atoms with Crippen LogP contribution in [0.2, 0.25) is 0 Å². The highest BCUT2D eigenvalue weighted by Crippen LogP contribution is 2.29. The van der Waals surface area contributed by atoms with E-state index in [9.17, 15) is 33.8 Å². The minimum Gasteiger partial charge on any atom is -0.502 e. The van der Waals surface area contributed by atoms with Crippen LogP contribution in [0, 0.1) is 20.2 Å². The lowest BCUT2D eigenvalue weighted by molar-refractivity contribution is -0.386. The number of phenols is 1. The van der Waals surface area contributed by atoms with E-state index >= 15 is 0 Å². The molecule has 2 aromatic rings. The molecule has 120 valence electrons. The van der Waals surface area contributed by atoms with E-state index in [1.165, 1.54) is 0 Å². The van der Waals surface area contributed by atoms with Crippen molar-refractivity contribution >= 4 is 21.5 Å². The Bertz CT molecular complexity index is 876. The molecule has 0 spiro atoms. The van der Waals surface area contributed by atoms with Crippen molar-refractivity contribution in [1.29, 1.82) is 0 Å². The second-order valence-corrected chi connectivity index (χ2v) is 5.74. The van der Waals surface area contributed by atoms with Crippen molar-refractivity contribution < 1.29 is 27.6 Å². The van der Waals surface area contributed by atoms with Gasteiger partial charge >= 0.3 is 15.8 Å². The Morgan fingerprint density at radius 1 is 0.957 bits per heavy atom. The zero-order valence-corrected chi connectivity index (χ0v) is 12.0. The molecule has 10 nitrogen and oxygen atoms in total. The van der Waals surface area contributed by atoms with E-state index in [4.69, 9.17) is 4.18 Å². The Morgan fingerprint density at radius 3 is 2.09 bits per heavy atom. The first-order valence-corrected chi connectivity index (χ1v) is 7.28. The fourth-order valence-corrected chi connectivity index (χ4v) is 2.55. The molecule has 0 amide bonds. The standard InChI is InChI=1S/C12H8N2O8S/c15-12-6-5-10(7-11(12)14(18)19)23(20,21)22-9-3-1-8(2-4-9)13(16)17/h1-7,15H. The monoisotopic (exact) mass is 340 g/mol. The summed E-state index contributed by atoms with van der Waals surface area (Å²) in [6, 6.07) is 6.67. The summed E-state index contributed by atoms with van der Waals surface area (Å²) in [6.45, 7) is 0. The maximum absolute atomic E-state index is 12.0. The number of rotatable bonds is 5. The van der Waals surface area contributed by atoms with E-state index in [-0.39, 0.29) is 11.4 Å². The van der Waals surface area contributed by atoms with Gasteiger partial charge in [0.1, 0.15) is 10.6 Å². The highest BCUT2D eigenvalue weighted by molar-refractivity contribution is 7.87. The Kier molecular flexibility index (Phi) is 4.14. The molecule has 0 atom stereocenters. The SMILES string of the molecule is O=[N+]([O-])c1ccc(OS(=O)(=O)c2ccc(O)c([N+](=O)[O-])c2)cc1. The summed E-state index contributed by atoms with van der Waals surface area (Å²) in [6.07, 6.45) is 0. The number of hydrogen-bond acceptors (Lipinski definition) is 8. The molecule has 0 unspecified atom stereocenters. The Morgan fingerprint density at radius 2 is 1.57 bits per heavy atom. The van der Waals surface area contributed by atoms with Gasteiger partial charge in [-0.3, -0.25) is 20.2 Å². The Hall–Kier alpha value is -3.21. The van der Waals surface area contributed by atoms with Gasteiger partial charge in [0.05, 0.1) is 9.85 Å². The molecular weight excluding hydrogens is 332 g/mol. The van der Waals surface area contributed by atoms with Crippen LogP contribution in [0.15, 0.2) is 47.4 Å². The van der Waals surface area contributed by atoms with Gasteiger partial charge in [-0.25, -0.2) is 0 Å². The molecule has 0 radical (unpaired) electrons. The van der Waals surface area contributed by atoms with Crippen LogP contribution >= 0.6 is 0 Å². The summed E-state index contributed by atoms with van der Waals surface area (Å²) >= 11 is 0. The molecule has 11 heteroatoms. The number of phenolic OH excluding ortho intramolecular Hbond substituents is 1. The number of non-ortho nitro benzene ring substituents is 1. The van der Waals surface area contributed by atoms with Crippen LogP contribution in [0.4, 0.5) is 11.4 Å². The van der Waals surface area contributed by atoms with Gasteiger partial charge in [-0.2, -0.15) is 8.42 Å². The minimum absolute atomic E-state index is 0.202. The van der Waals surface area contributed by atoms with Crippen LogP contribution in [0.25, 0.3) is 0 Å². The van der Waals surface area contributed by atoms with Crippen LogP contribution in [0.1, 0.15) is 0 Å². The van der Waals surface area contributed by atoms with Gasteiger partial charge in [-0.15, -0.1) is 0 Å². The topological polar surface area (TPSA) is 150 Å². The third-order valence-corrected chi connectivity index (χ3v) is 3.93. The summed E-state index contributed by atoms with van der Waals surface area (Å²) < 4.78 is 28.8. The second-order valence-electron chi connectivity index (χ2n) is 4.20. The Balaban J connectivity index is 2.33. The van der Waals surface area contributed by atoms with Crippen molar-refractivity contribution in [3.8, 4) is 11.5 Å². The van der Waals surface area contributed by atoms with Gasteiger partial charge < -0.3 is 9.29 Å². The van der Waals surface area contributed by atoms with Crippen molar-refractivity contribution in [2.75, 3.05) is 0 Å². The lowest BCUT2D eigenvalue weighted by Gasteiger charge is -2.07. The predicted octanol–water partition coefficient (Wildman–Crippen LogP) is 1.98. The molecule has 0 aromatic heterocycles. The molecule has 23 heavy (non-hydrogen) atoms. The molecule has 0 aliphatic carbocycles. The van der Waals surface area contributed by atoms with Gasteiger partial charge in [-0.05, 0) is 24.3 Å². The van der Waals surface area contributed by atoms with Crippen LogP contribution in [-0.2, 0) is 10.1 Å². The fraction of sp³-hybridized carbons (Fsp3) is 0. The van der Waals surface area contributed by atoms with Crippen LogP contribution in [-0.4, -0.2) is 23.4 Å². The lowest BCUT2D eigenvalue weighted by Crippen LogP contribution is -2.10. The molecule has 0 saturated carbocycles. The molecule has 0 heterocycles. The molecule has 1 N–H and O–H groups in total. The third kappa shape index (κ3) is 3.52. The van der Waals surface area contributed by atoms with Gasteiger partial charge in [0.2, 0.25) is 0 Å². The van der Waals surface area contributed by atoms with Crippen LogP contribution in [0.5, 0.6) is 11.5 Å².